The van der Waals surface area contributed by atoms with Crippen molar-refractivity contribution in [1.29, 1.82) is 0 Å². The number of carbonyl (C=O) groups excluding carboxylic acids is 1. The molecular weight excluding hydrogens is 236 g/mol. The van der Waals surface area contributed by atoms with Gasteiger partial charge >= 0.3 is 0 Å². The Hall–Kier alpha value is -1.35. The van der Waals surface area contributed by atoms with Crippen molar-refractivity contribution in [1.82, 2.24) is 5.32 Å². The summed E-state index contributed by atoms with van der Waals surface area (Å²) in [6.45, 7) is 0. The number of benzene rings is 1. The summed E-state index contributed by atoms with van der Waals surface area (Å²) in [5, 5.41) is 3.11. The summed E-state index contributed by atoms with van der Waals surface area (Å²) < 4.78 is 0. The first-order valence-electron chi connectivity index (χ1n) is 7.35. The van der Waals surface area contributed by atoms with Crippen molar-refractivity contribution in [3.63, 3.8) is 0 Å². The van der Waals surface area contributed by atoms with Crippen LogP contribution in [0.25, 0.3) is 0 Å². The maximum absolute atomic E-state index is 12.1. The van der Waals surface area contributed by atoms with E-state index in [1.807, 2.05) is 30.3 Å². The molecule has 0 radical (unpaired) electrons. The number of hydrogen-bond donors (Lipinski definition) is 2. The molecule has 0 spiro atoms. The summed E-state index contributed by atoms with van der Waals surface area (Å²) in [6, 6.07) is 9.84. The molecule has 1 saturated carbocycles. The second-order valence-corrected chi connectivity index (χ2v) is 5.49. The first kappa shape index (κ1) is 14.1. The maximum Gasteiger partial charge on any atom is 0.237 e. The predicted molar refractivity (Wildman–Crippen MR) is 77.8 cm³/mol. The van der Waals surface area contributed by atoms with Gasteiger partial charge in [0.2, 0.25) is 5.91 Å². The molecule has 1 amide bonds. The van der Waals surface area contributed by atoms with Gasteiger partial charge in [-0.2, -0.15) is 0 Å². The molecule has 0 bridgehead atoms. The predicted octanol–water partition coefficient (Wildman–Crippen LogP) is 2.40. The minimum absolute atomic E-state index is 0.00393. The van der Waals surface area contributed by atoms with Gasteiger partial charge in [-0.1, -0.05) is 56.0 Å². The molecule has 104 valence electrons. The molecule has 2 rings (SSSR count). The molecule has 0 heterocycles. The van der Waals surface area contributed by atoms with Crippen LogP contribution in [0.2, 0.25) is 0 Å². The summed E-state index contributed by atoms with van der Waals surface area (Å²) in [7, 11) is 0. The summed E-state index contributed by atoms with van der Waals surface area (Å²) in [4.78, 5) is 12.1. The van der Waals surface area contributed by atoms with E-state index in [-0.39, 0.29) is 5.91 Å². The summed E-state index contributed by atoms with van der Waals surface area (Å²) >= 11 is 0. The van der Waals surface area contributed by atoms with Gasteiger partial charge in [-0.25, -0.2) is 0 Å². The Kier molecular flexibility index (Phi) is 5.40. The highest BCUT2D eigenvalue weighted by Crippen LogP contribution is 2.17. The summed E-state index contributed by atoms with van der Waals surface area (Å²) in [5.74, 6) is -0.00393. The standard InChI is InChI=1S/C16H24N2O/c17-15(12-13-8-4-3-5-9-13)16(19)18-14-10-6-1-2-7-11-14/h3-5,8-9,14-15H,1-2,6-7,10-12,17H2,(H,18,19)/t15-/m0/s1. The zero-order valence-corrected chi connectivity index (χ0v) is 11.5. The maximum atomic E-state index is 12.1. The van der Waals surface area contributed by atoms with Crippen molar-refractivity contribution in [2.75, 3.05) is 0 Å². The van der Waals surface area contributed by atoms with Crippen LogP contribution in [0.4, 0.5) is 0 Å². The molecule has 1 aliphatic carbocycles. The van der Waals surface area contributed by atoms with E-state index in [2.05, 4.69) is 5.32 Å². The van der Waals surface area contributed by atoms with Gasteiger partial charge in [0.25, 0.3) is 0 Å². The third kappa shape index (κ3) is 4.67. The van der Waals surface area contributed by atoms with Crippen molar-refractivity contribution in [2.45, 2.75) is 57.0 Å². The van der Waals surface area contributed by atoms with Crippen LogP contribution in [0.5, 0.6) is 0 Å². The smallest absolute Gasteiger partial charge is 0.237 e. The summed E-state index contributed by atoms with van der Waals surface area (Å²) in [5.41, 5.74) is 7.11. The van der Waals surface area contributed by atoms with Gasteiger partial charge in [0.1, 0.15) is 0 Å². The number of hydrogen-bond acceptors (Lipinski definition) is 2. The van der Waals surface area contributed by atoms with E-state index in [4.69, 9.17) is 5.73 Å². The van der Waals surface area contributed by atoms with Gasteiger partial charge in [0.05, 0.1) is 6.04 Å². The lowest BCUT2D eigenvalue weighted by molar-refractivity contribution is -0.123. The molecule has 3 heteroatoms. The topological polar surface area (TPSA) is 55.1 Å². The minimum atomic E-state index is -0.439. The Labute approximate surface area is 115 Å². The SMILES string of the molecule is N[C@@H](Cc1ccccc1)C(=O)NC1CCCCCC1. The second-order valence-electron chi connectivity index (χ2n) is 5.49. The Bertz CT molecular complexity index is 383. The van der Waals surface area contributed by atoms with E-state index in [1.54, 1.807) is 0 Å². The largest absolute Gasteiger partial charge is 0.352 e. The lowest BCUT2D eigenvalue weighted by Crippen LogP contribution is -2.46. The van der Waals surface area contributed by atoms with Crippen LogP contribution in [-0.4, -0.2) is 18.0 Å². The van der Waals surface area contributed by atoms with Gasteiger partial charge in [-0.05, 0) is 24.8 Å². The molecule has 3 N–H and O–H groups in total. The van der Waals surface area contributed by atoms with Gasteiger partial charge in [0, 0.05) is 6.04 Å². The molecule has 0 saturated heterocycles. The monoisotopic (exact) mass is 260 g/mol. The molecule has 1 fully saturated rings. The summed E-state index contributed by atoms with van der Waals surface area (Å²) in [6.07, 6.45) is 7.84. The van der Waals surface area contributed by atoms with Crippen LogP contribution in [0, 0.1) is 0 Å². The first-order valence-corrected chi connectivity index (χ1v) is 7.35. The highest BCUT2D eigenvalue weighted by atomic mass is 16.2. The number of amides is 1. The molecule has 1 aromatic rings. The average molecular weight is 260 g/mol. The minimum Gasteiger partial charge on any atom is -0.352 e. The van der Waals surface area contributed by atoms with Crippen LogP contribution in [-0.2, 0) is 11.2 Å². The zero-order valence-electron chi connectivity index (χ0n) is 11.5. The van der Waals surface area contributed by atoms with Crippen molar-refractivity contribution in [3.8, 4) is 0 Å². The van der Waals surface area contributed by atoms with Gasteiger partial charge < -0.3 is 11.1 Å². The van der Waals surface area contributed by atoms with Crippen molar-refractivity contribution in [3.05, 3.63) is 35.9 Å². The van der Waals surface area contributed by atoms with Crippen LogP contribution in [0.3, 0.4) is 0 Å². The number of nitrogens with two attached hydrogens (primary N) is 1. The lowest BCUT2D eigenvalue weighted by atomic mass is 10.0. The average Bonchev–Trinajstić information content (AvgIpc) is 2.68. The van der Waals surface area contributed by atoms with Gasteiger partial charge in [-0.3, -0.25) is 4.79 Å². The van der Waals surface area contributed by atoms with Gasteiger partial charge in [-0.15, -0.1) is 0 Å². The second kappa shape index (κ2) is 7.29. The van der Waals surface area contributed by atoms with Crippen molar-refractivity contribution in [2.24, 2.45) is 5.73 Å². The molecule has 1 aliphatic rings. The lowest BCUT2D eigenvalue weighted by Gasteiger charge is -2.19. The molecular formula is C16H24N2O. The highest BCUT2D eigenvalue weighted by Gasteiger charge is 2.19. The Balaban J connectivity index is 1.81. The molecule has 0 aromatic heterocycles. The normalized spacial score (nSPS) is 18.6. The fourth-order valence-corrected chi connectivity index (χ4v) is 2.69. The fourth-order valence-electron chi connectivity index (χ4n) is 2.69. The van der Waals surface area contributed by atoms with Crippen molar-refractivity contribution < 1.29 is 4.79 Å². The number of rotatable bonds is 4. The van der Waals surface area contributed by atoms with Crippen LogP contribution < -0.4 is 11.1 Å². The van der Waals surface area contributed by atoms with Gasteiger partial charge in [0.15, 0.2) is 0 Å². The Morgan fingerprint density at radius 1 is 1.16 bits per heavy atom. The number of carbonyl (C=O) groups is 1. The third-order valence-corrected chi connectivity index (χ3v) is 3.84. The van der Waals surface area contributed by atoms with E-state index < -0.39 is 6.04 Å². The quantitative estimate of drug-likeness (QED) is 0.817. The molecule has 3 nitrogen and oxygen atoms in total. The Morgan fingerprint density at radius 2 is 1.79 bits per heavy atom. The third-order valence-electron chi connectivity index (χ3n) is 3.84. The highest BCUT2D eigenvalue weighted by molar-refractivity contribution is 5.82. The number of nitrogens with one attached hydrogen (secondary N) is 1. The molecule has 19 heavy (non-hydrogen) atoms. The van der Waals surface area contributed by atoms with Crippen molar-refractivity contribution >= 4 is 5.91 Å². The van der Waals surface area contributed by atoms with Crippen LogP contribution in [0.1, 0.15) is 44.1 Å². The molecule has 1 atom stereocenters. The Morgan fingerprint density at radius 3 is 2.42 bits per heavy atom. The van der Waals surface area contributed by atoms with E-state index in [1.165, 1.54) is 25.7 Å². The van der Waals surface area contributed by atoms with Crippen LogP contribution >= 0.6 is 0 Å². The van der Waals surface area contributed by atoms with E-state index in [9.17, 15) is 4.79 Å². The fraction of sp³-hybridized carbons (Fsp3) is 0.562. The van der Waals surface area contributed by atoms with Crippen LogP contribution in [0.15, 0.2) is 30.3 Å². The van der Waals surface area contributed by atoms with E-state index in [0.717, 1.165) is 18.4 Å². The zero-order chi connectivity index (χ0) is 13.5. The molecule has 1 aromatic carbocycles. The molecule has 0 aliphatic heterocycles. The molecule has 0 unspecified atom stereocenters. The van der Waals surface area contributed by atoms with E-state index >= 15 is 0 Å². The first-order chi connectivity index (χ1) is 9.25. The van der Waals surface area contributed by atoms with E-state index in [0.29, 0.717) is 12.5 Å².